The number of rotatable bonds is 11. The fraction of sp³-hybridized carbons (Fsp3) is 0.759. The Hall–Kier alpha value is -3.33. The van der Waals surface area contributed by atoms with Crippen molar-refractivity contribution in [3.05, 3.63) is 59.3 Å². The number of hydrogen-bond acceptors (Lipinski definition) is 15. The van der Waals surface area contributed by atoms with Crippen LogP contribution < -0.4 is 10.6 Å². The molecule has 17 heteroatoms. The summed E-state index contributed by atoms with van der Waals surface area (Å²) >= 11 is 0. The first-order valence-corrected chi connectivity index (χ1v) is 25.9. The van der Waals surface area contributed by atoms with Gasteiger partial charge in [0.2, 0.25) is 5.91 Å². The van der Waals surface area contributed by atoms with Crippen LogP contribution in [0.3, 0.4) is 0 Å². The molecule has 0 aromatic heterocycles. The van der Waals surface area contributed by atoms with Gasteiger partial charge in [-0.25, -0.2) is 0 Å². The Kier molecular flexibility index (Phi) is 17.7. The molecule has 7 rings (SSSR count). The van der Waals surface area contributed by atoms with Crippen molar-refractivity contribution in [1.82, 2.24) is 10.6 Å². The highest BCUT2D eigenvalue weighted by molar-refractivity contribution is 5.92. The number of methoxy groups -OCH3 is 2. The van der Waals surface area contributed by atoms with Gasteiger partial charge in [0.05, 0.1) is 49.3 Å². The third-order valence-corrected chi connectivity index (χ3v) is 15.9. The molecular weight excluding hydrogens is 917 g/mol. The van der Waals surface area contributed by atoms with E-state index in [0.717, 1.165) is 12.0 Å². The van der Waals surface area contributed by atoms with Crippen molar-refractivity contribution in [3.63, 3.8) is 0 Å². The molecule has 7 aliphatic rings. The van der Waals surface area contributed by atoms with Crippen molar-refractivity contribution in [3.8, 4) is 0 Å². The van der Waals surface area contributed by atoms with E-state index < -0.39 is 114 Å². The third-order valence-electron chi connectivity index (χ3n) is 15.9. The lowest BCUT2D eigenvalue weighted by molar-refractivity contribution is -0.316. The highest BCUT2D eigenvalue weighted by Crippen LogP contribution is 2.47. The maximum atomic E-state index is 14.4. The molecule has 6 aliphatic heterocycles. The van der Waals surface area contributed by atoms with Gasteiger partial charge in [-0.05, 0) is 76.7 Å². The van der Waals surface area contributed by atoms with E-state index in [1.54, 1.807) is 33.1 Å². The van der Waals surface area contributed by atoms with E-state index in [4.69, 9.17) is 47.4 Å². The Labute approximate surface area is 420 Å². The van der Waals surface area contributed by atoms with E-state index in [-0.39, 0.29) is 49.3 Å². The van der Waals surface area contributed by atoms with Crippen molar-refractivity contribution < 1.29 is 72.0 Å². The Morgan fingerprint density at radius 1 is 0.930 bits per heavy atom. The summed E-state index contributed by atoms with van der Waals surface area (Å²) in [6.07, 6.45) is 7.20. The molecule has 0 aromatic rings. The molecule has 4 saturated heterocycles. The number of carbonyl (C=O) groups excluding carboxylic acids is 3. The number of esters is 1. The van der Waals surface area contributed by atoms with Crippen LogP contribution in [0, 0.1) is 23.7 Å². The first-order valence-electron chi connectivity index (χ1n) is 25.9. The summed E-state index contributed by atoms with van der Waals surface area (Å²) in [7, 11) is 3.11. The molecule has 20 atom stereocenters. The fourth-order valence-corrected chi connectivity index (χ4v) is 11.9. The van der Waals surface area contributed by atoms with Crippen LogP contribution in [0.4, 0.5) is 0 Å². The molecule has 6 heterocycles. The lowest BCUT2D eigenvalue weighted by Crippen LogP contribution is -2.74. The maximum absolute atomic E-state index is 14.4. The van der Waals surface area contributed by atoms with Crippen LogP contribution in [-0.2, 0) is 61.8 Å². The van der Waals surface area contributed by atoms with E-state index in [2.05, 4.69) is 43.6 Å². The Morgan fingerprint density at radius 2 is 1.66 bits per heavy atom. The molecule has 17 nitrogen and oxygen atoms in total. The molecule has 1 aliphatic carbocycles. The van der Waals surface area contributed by atoms with E-state index in [9.17, 15) is 24.6 Å². The van der Waals surface area contributed by atoms with Crippen LogP contribution in [0.2, 0.25) is 0 Å². The van der Waals surface area contributed by atoms with Crippen molar-refractivity contribution in [2.75, 3.05) is 20.8 Å². The molecule has 2 amide bonds. The summed E-state index contributed by atoms with van der Waals surface area (Å²) in [6.45, 7) is 20.9. The smallest absolute Gasteiger partial charge is 0.316 e. The zero-order valence-corrected chi connectivity index (χ0v) is 44.1. The van der Waals surface area contributed by atoms with Crippen LogP contribution in [0.5, 0.6) is 0 Å². The maximum Gasteiger partial charge on any atom is 0.316 e. The SMILES string of the molecule is CCC(C)[C@H]1O[C@]2(C=C[C@@H]1C)C[C@@H]1C[C@@H](CC=C(C)[C@@H](OC3C[C@H](OC)[C@@H](OC4C[C@H](OC)[C@](NC(C)=O)(C(=O)NC(C)C)[C@H](C)O4)[C@H](C)O3)C(C)C=CC=C3CO[C@@H]4[C@H](O)C(C)=C[C@@H](C(=O)O1)[C@]34O)O2. The molecule has 2 bridgehead atoms. The average Bonchev–Trinajstić information content (AvgIpc) is 3.65. The Morgan fingerprint density at radius 3 is 2.34 bits per heavy atom. The van der Waals surface area contributed by atoms with Gasteiger partial charge in [0, 0.05) is 64.7 Å². The number of carbonyl (C=O) groups is 3. The second kappa shape index (κ2) is 22.6. The molecule has 71 heavy (non-hydrogen) atoms. The zero-order valence-electron chi connectivity index (χ0n) is 44.1. The van der Waals surface area contributed by atoms with E-state index in [1.165, 1.54) is 14.0 Å². The summed E-state index contributed by atoms with van der Waals surface area (Å²) < 4.78 is 64.9. The van der Waals surface area contributed by atoms with Crippen LogP contribution in [0.15, 0.2) is 59.3 Å². The minimum atomic E-state index is -1.87. The normalized spacial score (nSPS) is 43.4. The minimum absolute atomic E-state index is 0.00695. The molecule has 398 valence electrons. The number of fused-ring (bicyclic) bond motifs is 2. The van der Waals surface area contributed by atoms with Crippen LogP contribution >= 0.6 is 0 Å². The fourth-order valence-electron chi connectivity index (χ4n) is 11.9. The van der Waals surface area contributed by atoms with Crippen molar-refractivity contribution in [1.29, 1.82) is 0 Å². The van der Waals surface area contributed by atoms with Crippen molar-refractivity contribution in [2.45, 2.75) is 217 Å². The second-order valence-corrected chi connectivity index (χ2v) is 21.5. The number of ether oxygens (including phenoxy) is 10. The van der Waals surface area contributed by atoms with Gasteiger partial charge >= 0.3 is 5.97 Å². The molecule has 1 spiro atoms. The van der Waals surface area contributed by atoms with Gasteiger partial charge in [-0.1, -0.05) is 70.6 Å². The van der Waals surface area contributed by atoms with E-state index in [0.29, 0.717) is 30.4 Å². The van der Waals surface area contributed by atoms with E-state index >= 15 is 0 Å². The second-order valence-electron chi connectivity index (χ2n) is 21.5. The number of hydrogen-bond donors (Lipinski definition) is 4. The predicted octanol–water partition coefficient (Wildman–Crippen LogP) is 5.42. The van der Waals surface area contributed by atoms with E-state index in [1.807, 2.05) is 52.8 Å². The summed E-state index contributed by atoms with van der Waals surface area (Å²) in [5.74, 6) is -3.54. The minimum Gasteiger partial charge on any atom is -0.462 e. The topological polar surface area (TPSA) is 208 Å². The largest absolute Gasteiger partial charge is 0.462 e. The first-order chi connectivity index (χ1) is 33.6. The number of nitrogens with one attached hydrogen (secondary N) is 2. The Bertz CT molecular complexity index is 2070. The first kappa shape index (κ1) is 55.4. The van der Waals surface area contributed by atoms with Crippen LogP contribution in [-0.4, -0.2) is 152 Å². The lowest BCUT2D eigenvalue weighted by atomic mass is 9.71. The highest BCUT2D eigenvalue weighted by atomic mass is 16.7. The molecule has 0 aromatic carbocycles. The summed E-state index contributed by atoms with van der Waals surface area (Å²) in [6, 6.07) is -0.194. The summed E-state index contributed by atoms with van der Waals surface area (Å²) in [5.41, 5.74) is -1.48. The average molecular weight is 999 g/mol. The van der Waals surface area contributed by atoms with Gasteiger partial charge < -0.3 is 68.2 Å². The molecule has 0 radical (unpaired) electrons. The molecule has 0 saturated carbocycles. The number of amides is 2. The molecular formula is C54H82N2O15. The van der Waals surface area contributed by atoms with Gasteiger partial charge in [-0.2, -0.15) is 0 Å². The third kappa shape index (κ3) is 11.4. The van der Waals surface area contributed by atoms with Gasteiger partial charge in [0.15, 0.2) is 23.9 Å². The summed E-state index contributed by atoms with van der Waals surface area (Å²) in [4.78, 5) is 40.7. The van der Waals surface area contributed by atoms with Crippen LogP contribution in [0.1, 0.15) is 115 Å². The summed E-state index contributed by atoms with van der Waals surface area (Å²) in [5, 5.41) is 29.6. The quantitative estimate of drug-likeness (QED) is 0.151. The van der Waals surface area contributed by atoms with Gasteiger partial charge in [0.1, 0.15) is 35.9 Å². The number of allylic oxidation sites excluding steroid dienone is 2. The monoisotopic (exact) mass is 999 g/mol. The predicted molar refractivity (Wildman–Crippen MR) is 261 cm³/mol. The highest BCUT2D eigenvalue weighted by Gasteiger charge is 2.61. The molecule has 4 N–H and O–H groups in total. The van der Waals surface area contributed by atoms with Crippen molar-refractivity contribution in [2.24, 2.45) is 23.7 Å². The van der Waals surface area contributed by atoms with Gasteiger partial charge in [-0.3, -0.25) is 14.4 Å². The number of aliphatic hydroxyl groups excluding tert-OH is 1. The van der Waals surface area contributed by atoms with Crippen molar-refractivity contribution >= 4 is 17.8 Å². The van der Waals surface area contributed by atoms with Gasteiger partial charge in [0.25, 0.3) is 5.91 Å². The molecule has 4 fully saturated rings. The zero-order chi connectivity index (χ0) is 51.7. The van der Waals surface area contributed by atoms with Gasteiger partial charge in [-0.15, -0.1) is 0 Å². The van der Waals surface area contributed by atoms with Crippen LogP contribution in [0.25, 0.3) is 0 Å². The number of aliphatic hydroxyl groups is 2. The standard InChI is InChI=1S/C54H82N2O15/c1-14-29(4)47-32(7)20-21-52(71-47)26-39-23-38(70-52)19-18-31(6)46(30(5)16-15-17-37-27-64-49-45(58)33(8)22-40(50(59)67-39)54(37,49)61)68-43-24-41(62-12)48(34(9)65-43)69-44-25-42(63-13)53(35(10)66-44,56-36(11)57)51(60)55-28(2)3/h15-18,20-22,28-30,32,34-35,38-49,58,61H,14,19,23-27H2,1-13H3,(H,55,60)(H,56,57)/t29?,30?,32-,34-,35-,38+,39-,40-,41-,42-,43?,44?,45+,46-,47+,48-,49+,52+,53-,54+/m0/s1. The lowest BCUT2D eigenvalue weighted by Gasteiger charge is -2.50. The molecule has 4 unspecified atom stereocenters. The Balaban J connectivity index is 1.15.